The van der Waals surface area contributed by atoms with E-state index in [0.717, 1.165) is 30.2 Å². The highest BCUT2D eigenvalue weighted by atomic mass is 32.2. The van der Waals surface area contributed by atoms with Gasteiger partial charge in [0.25, 0.3) is 5.69 Å². The molecule has 0 bridgehead atoms. The molecule has 22 heavy (non-hydrogen) atoms. The van der Waals surface area contributed by atoms with Gasteiger partial charge in [0.15, 0.2) is 4.34 Å². The molecule has 0 atom stereocenters. The van der Waals surface area contributed by atoms with E-state index in [1.165, 1.54) is 28.7 Å². The molecule has 0 aliphatic rings. The Balaban J connectivity index is 1.73. The van der Waals surface area contributed by atoms with Gasteiger partial charge >= 0.3 is 0 Å². The lowest BCUT2D eigenvalue weighted by molar-refractivity contribution is -0.384. The lowest BCUT2D eigenvalue weighted by Gasteiger charge is -1.92. The Labute approximate surface area is 137 Å². The molecule has 2 aromatic heterocycles. The van der Waals surface area contributed by atoms with Crippen molar-refractivity contribution in [3.63, 3.8) is 0 Å². The zero-order valence-corrected chi connectivity index (χ0v) is 13.5. The van der Waals surface area contributed by atoms with Gasteiger partial charge in [-0.15, -0.1) is 22.7 Å². The van der Waals surface area contributed by atoms with Crippen LogP contribution in [0.15, 0.2) is 28.7 Å². The quantitative estimate of drug-likeness (QED) is 0.393. The maximum absolute atomic E-state index is 10.8. The van der Waals surface area contributed by atoms with E-state index in [1.807, 2.05) is 0 Å². The lowest BCUT2D eigenvalue weighted by Crippen LogP contribution is -1.85. The van der Waals surface area contributed by atoms with Crippen molar-refractivity contribution in [3.05, 3.63) is 44.4 Å². The second-order valence-corrected chi connectivity index (χ2v) is 7.69. The van der Waals surface area contributed by atoms with Crippen LogP contribution in [0.1, 0.15) is 9.88 Å². The molecular weight excluding hydrogens is 340 g/mol. The van der Waals surface area contributed by atoms with Crippen LogP contribution < -0.4 is 0 Å². The number of nitriles is 1. The average molecular weight is 348 g/mol. The normalized spacial score (nSPS) is 10.7. The Morgan fingerprint density at radius 3 is 3.05 bits per heavy atom. The van der Waals surface area contributed by atoms with Gasteiger partial charge in [0.2, 0.25) is 0 Å². The van der Waals surface area contributed by atoms with Crippen molar-refractivity contribution in [1.82, 2.24) is 9.97 Å². The summed E-state index contributed by atoms with van der Waals surface area (Å²) in [5, 5.41) is 20.2. The third-order valence-electron chi connectivity index (χ3n) is 2.73. The molecule has 9 heteroatoms. The summed E-state index contributed by atoms with van der Waals surface area (Å²) in [5.74, 6) is 0.727. The van der Waals surface area contributed by atoms with Crippen LogP contribution in [0.25, 0.3) is 10.2 Å². The van der Waals surface area contributed by atoms with Crippen LogP contribution in [-0.4, -0.2) is 14.9 Å². The Hall–Kier alpha value is -2.02. The van der Waals surface area contributed by atoms with Crippen LogP contribution in [-0.2, 0) is 12.2 Å². The molecule has 0 spiro atoms. The number of nitro groups is 1. The topological polar surface area (TPSA) is 92.7 Å². The molecule has 0 amide bonds. The number of fused-ring (bicyclic) bond motifs is 1. The van der Waals surface area contributed by atoms with E-state index in [0.29, 0.717) is 6.42 Å². The van der Waals surface area contributed by atoms with Gasteiger partial charge in [-0.2, -0.15) is 5.26 Å². The predicted molar refractivity (Wildman–Crippen MR) is 87.3 cm³/mol. The van der Waals surface area contributed by atoms with Gasteiger partial charge in [-0.3, -0.25) is 10.1 Å². The third-order valence-corrected chi connectivity index (χ3v) is 6.12. The van der Waals surface area contributed by atoms with Gasteiger partial charge in [0.1, 0.15) is 5.01 Å². The minimum absolute atomic E-state index is 0.0799. The fraction of sp³-hybridized carbons (Fsp3) is 0.154. The highest BCUT2D eigenvalue weighted by Gasteiger charge is 2.11. The number of aromatic nitrogens is 2. The second-order valence-electron chi connectivity index (χ2n) is 4.23. The number of benzene rings is 1. The molecular formula is C13H8N4O2S3. The molecule has 6 nitrogen and oxygen atoms in total. The van der Waals surface area contributed by atoms with Crippen molar-refractivity contribution in [2.75, 3.05) is 0 Å². The van der Waals surface area contributed by atoms with Gasteiger partial charge in [0, 0.05) is 29.0 Å². The Kier molecular flexibility index (Phi) is 4.33. The zero-order chi connectivity index (χ0) is 15.5. The molecule has 110 valence electrons. The molecule has 3 rings (SSSR count). The van der Waals surface area contributed by atoms with Crippen molar-refractivity contribution in [2.24, 2.45) is 0 Å². The summed E-state index contributed by atoms with van der Waals surface area (Å²) in [6, 6.07) is 6.77. The van der Waals surface area contributed by atoms with Gasteiger partial charge in [-0.25, -0.2) is 9.97 Å². The van der Waals surface area contributed by atoms with Crippen molar-refractivity contribution >= 4 is 50.3 Å². The minimum Gasteiger partial charge on any atom is -0.258 e. The maximum Gasteiger partial charge on any atom is 0.270 e. The number of nitrogens with zero attached hydrogens (tertiary/aromatic N) is 4. The summed E-state index contributed by atoms with van der Waals surface area (Å²) >= 11 is 4.54. The summed E-state index contributed by atoms with van der Waals surface area (Å²) in [6.45, 7) is 0. The zero-order valence-electron chi connectivity index (χ0n) is 11.1. The van der Waals surface area contributed by atoms with Crippen LogP contribution in [0.4, 0.5) is 5.69 Å². The Bertz CT molecular complexity index is 881. The number of rotatable bonds is 5. The highest BCUT2D eigenvalue weighted by Crippen LogP contribution is 2.34. The predicted octanol–water partition coefficient (Wildman–Crippen LogP) is 4.02. The summed E-state index contributed by atoms with van der Waals surface area (Å²) in [5.41, 5.74) is 0.851. The maximum atomic E-state index is 10.8. The van der Waals surface area contributed by atoms with Gasteiger partial charge in [-0.1, -0.05) is 11.8 Å². The van der Waals surface area contributed by atoms with Crippen molar-refractivity contribution in [3.8, 4) is 6.07 Å². The fourth-order valence-electron chi connectivity index (χ4n) is 1.76. The van der Waals surface area contributed by atoms with E-state index in [-0.39, 0.29) is 5.69 Å². The first-order valence-electron chi connectivity index (χ1n) is 6.14. The first kappa shape index (κ1) is 14.9. The molecule has 0 unspecified atom stereocenters. The van der Waals surface area contributed by atoms with E-state index in [1.54, 1.807) is 30.1 Å². The fourth-order valence-corrected chi connectivity index (χ4v) is 4.74. The average Bonchev–Trinajstić information content (AvgIpc) is 3.10. The molecule has 1 aromatic carbocycles. The molecule has 0 aliphatic heterocycles. The SMILES string of the molecule is N#CCc1ncc(CSc2nc3ccc([N+](=O)[O-])cc3s2)s1. The number of thioether (sulfide) groups is 1. The van der Waals surface area contributed by atoms with Crippen LogP contribution in [0.2, 0.25) is 0 Å². The summed E-state index contributed by atoms with van der Waals surface area (Å²) in [6.07, 6.45) is 2.11. The third kappa shape index (κ3) is 3.24. The number of nitro benzene ring substituents is 1. The molecule has 0 N–H and O–H groups in total. The number of hydrogen-bond acceptors (Lipinski definition) is 8. The monoisotopic (exact) mass is 348 g/mol. The largest absolute Gasteiger partial charge is 0.270 e. The van der Waals surface area contributed by atoms with Crippen LogP contribution >= 0.6 is 34.4 Å². The van der Waals surface area contributed by atoms with Crippen molar-refractivity contribution in [1.29, 1.82) is 5.26 Å². The molecule has 0 saturated carbocycles. The van der Waals surface area contributed by atoms with Crippen LogP contribution in [0.3, 0.4) is 0 Å². The van der Waals surface area contributed by atoms with E-state index in [4.69, 9.17) is 5.26 Å². The van der Waals surface area contributed by atoms with E-state index >= 15 is 0 Å². The molecule has 2 heterocycles. The first-order chi connectivity index (χ1) is 10.7. The number of thiazole rings is 2. The van der Waals surface area contributed by atoms with Gasteiger partial charge in [0.05, 0.1) is 27.6 Å². The van der Waals surface area contributed by atoms with Crippen LogP contribution in [0.5, 0.6) is 0 Å². The van der Waals surface area contributed by atoms with E-state index in [2.05, 4.69) is 16.0 Å². The Morgan fingerprint density at radius 2 is 2.27 bits per heavy atom. The van der Waals surface area contributed by atoms with Crippen LogP contribution in [0, 0.1) is 21.4 Å². The number of non-ortho nitro benzene ring substituents is 1. The van der Waals surface area contributed by atoms with Gasteiger partial charge < -0.3 is 0 Å². The molecule has 0 radical (unpaired) electrons. The van der Waals surface area contributed by atoms with Gasteiger partial charge in [-0.05, 0) is 6.07 Å². The Morgan fingerprint density at radius 1 is 1.41 bits per heavy atom. The first-order valence-corrected chi connectivity index (χ1v) is 8.76. The number of hydrogen-bond donors (Lipinski definition) is 0. The second kappa shape index (κ2) is 6.39. The molecule has 0 aliphatic carbocycles. The molecule has 3 aromatic rings. The van der Waals surface area contributed by atoms with Crippen molar-refractivity contribution in [2.45, 2.75) is 16.5 Å². The van der Waals surface area contributed by atoms with Crippen molar-refractivity contribution < 1.29 is 4.92 Å². The lowest BCUT2D eigenvalue weighted by atomic mass is 10.3. The summed E-state index contributed by atoms with van der Waals surface area (Å²) in [7, 11) is 0. The van der Waals surface area contributed by atoms with E-state index in [9.17, 15) is 10.1 Å². The minimum atomic E-state index is -0.403. The van der Waals surface area contributed by atoms with E-state index < -0.39 is 4.92 Å². The standard InChI is InChI=1S/C13H8N4O2S3/c14-4-3-12-15-6-9(21-12)7-20-13-16-10-2-1-8(17(18)19)5-11(10)22-13/h1-2,5-6H,3,7H2. The summed E-state index contributed by atoms with van der Waals surface area (Å²) < 4.78 is 1.68. The molecule has 0 fully saturated rings. The smallest absolute Gasteiger partial charge is 0.258 e. The highest BCUT2D eigenvalue weighted by molar-refractivity contribution is 8.00. The summed E-state index contributed by atoms with van der Waals surface area (Å²) in [4.78, 5) is 20.1. The molecule has 0 saturated heterocycles.